The van der Waals surface area contributed by atoms with Crippen LogP contribution in [0.5, 0.6) is 5.75 Å². The minimum absolute atomic E-state index is 0.115. The summed E-state index contributed by atoms with van der Waals surface area (Å²) in [5.74, 6) is 0.934. The van der Waals surface area contributed by atoms with Gasteiger partial charge in [0.05, 0.1) is 29.8 Å². The van der Waals surface area contributed by atoms with Crippen LogP contribution in [0.15, 0.2) is 120 Å². The number of rotatable bonds is 16. The van der Waals surface area contributed by atoms with E-state index in [9.17, 15) is 13.9 Å². The third kappa shape index (κ3) is 22.0. The zero-order valence-electron chi connectivity index (χ0n) is 36.1. The summed E-state index contributed by atoms with van der Waals surface area (Å²) in [5.41, 5.74) is 9.89. The Morgan fingerprint density at radius 2 is 1.65 bits per heavy atom. The summed E-state index contributed by atoms with van der Waals surface area (Å²) in [7, 11) is 3.35. The summed E-state index contributed by atoms with van der Waals surface area (Å²) in [6, 6.07) is 11.3. The number of benzene rings is 2. The third-order valence-electron chi connectivity index (χ3n) is 7.89. The number of amidine groups is 1. The highest BCUT2D eigenvalue weighted by Crippen LogP contribution is 2.39. The summed E-state index contributed by atoms with van der Waals surface area (Å²) < 4.78 is 31.9. The van der Waals surface area contributed by atoms with Gasteiger partial charge in [-0.25, -0.2) is 8.78 Å². The first-order chi connectivity index (χ1) is 27.3. The normalized spacial score (nSPS) is 15.4. The van der Waals surface area contributed by atoms with Crippen LogP contribution >= 0.6 is 12.2 Å². The molecule has 1 heterocycles. The number of nitrogens with two attached hydrogens (primary N) is 1. The van der Waals surface area contributed by atoms with Crippen LogP contribution in [0.1, 0.15) is 123 Å². The van der Waals surface area contributed by atoms with Gasteiger partial charge in [-0.1, -0.05) is 153 Å². The number of ether oxygens (including phenoxy) is 1. The molecule has 316 valence electrons. The lowest BCUT2D eigenvalue weighted by Crippen LogP contribution is -2.36. The number of methoxy groups -OCH3 is 1. The van der Waals surface area contributed by atoms with Crippen molar-refractivity contribution in [2.75, 3.05) is 19.9 Å². The molecule has 0 aromatic heterocycles. The summed E-state index contributed by atoms with van der Waals surface area (Å²) >= 11 is 4.92. The second kappa shape index (κ2) is 33.5. The predicted octanol–water partition coefficient (Wildman–Crippen LogP) is 12.2. The Labute approximate surface area is 348 Å². The molecule has 0 radical (unpaired) electrons. The average molecular weight is 809 g/mol. The first kappa shape index (κ1) is 54.4. The molecule has 0 fully saturated rings. The zero-order valence-corrected chi connectivity index (χ0v) is 36.9. The summed E-state index contributed by atoms with van der Waals surface area (Å²) in [6.45, 7) is 23.0. The smallest absolute Gasteiger partial charge is 0.263 e. The number of carbonyl (C=O) groups is 1. The number of aldehydes is 1. The van der Waals surface area contributed by atoms with Crippen molar-refractivity contribution in [3.05, 3.63) is 132 Å². The monoisotopic (exact) mass is 809 g/mol. The quantitative estimate of drug-likeness (QED) is 0.0510. The van der Waals surface area contributed by atoms with E-state index in [2.05, 4.69) is 45.3 Å². The first-order valence-corrected chi connectivity index (χ1v) is 20.2. The van der Waals surface area contributed by atoms with Gasteiger partial charge in [0, 0.05) is 24.0 Å². The second-order valence-electron chi connectivity index (χ2n) is 12.5. The Morgan fingerprint density at radius 3 is 2.11 bits per heavy atom. The lowest BCUT2D eigenvalue weighted by Gasteiger charge is -2.29. The summed E-state index contributed by atoms with van der Waals surface area (Å²) in [5, 5.41) is 12.9. The molecule has 7 nitrogen and oxygen atoms in total. The molecule has 4 N–H and O–H groups in total. The molecule has 2 aromatic carbocycles. The number of hydrogen-bond acceptors (Lipinski definition) is 7. The molecule has 0 bridgehead atoms. The van der Waals surface area contributed by atoms with E-state index < -0.39 is 12.5 Å². The van der Waals surface area contributed by atoms with Crippen molar-refractivity contribution in [2.45, 2.75) is 119 Å². The van der Waals surface area contributed by atoms with E-state index >= 15 is 0 Å². The zero-order chi connectivity index (χ0) is 43.8. The van der Waals surface area contributed by atoms with Gasteiger partial charge in [0.15, 0.2) is 0 Å². The summed E-state index contributed by atoms with van der Waals surface area (Å²) in [4.78, 5) is 16.6. The Balaban J connectivity index is 0. The van der Waals surface area contributed by atoms with Crippen molar-refractivity contribution in [1.82, 2.24) is 10.2 Å². The third-order valence-corrected chi connectivity index (χ3v) is 7.99. The SMILES string of the molecule is C=C/C=C(\C=C/C(C)O)C1C(c2ccc(N)cc2)N=C(c2ccc(C(F)F)cc2OC)N1C.C=C/C=C\C(=C/CC)NC(C)=S.CC.CC=O.CCCCCCC. The Bertz CT molecular complexity index is 1590. The van der Waals surface area contributed by atoms with Crippen LogP contribution in [-0.2, 0) is 4.79 Å². The molecule has 1 aliphatic rings. The number of nitrogens with zero attached hydrogens (tertiary/aromatic N) is 2. The van der Waals surface area contributed by atoms with Gasteiger partial charge in [-0.3, -0.25) is 4.99 Å². The van der Waals surface area contributed by atoms with Crippen LogP contribution < -0.4 is 15.8 Å². The molecule has 3 atom stereocenters. The van der Waals surface area contributed by atoms with Crippen molar-refractivity contribution >= 4 is 35.0 Å². The van der Waals surface area contributed by atoms with E-state index in [1.807, 2.05) is 81.3 Å². The Hall–Kier alpha value is -4.67. The highest BCUT2D eigenvalue weighted by Gasteiger charge is 2.38. The second-order valence-corrected chi connectivity index (χ2v) is 13.1. The largest absolute Gasteiger partial charge is 0.496 e. The number of anilines is 1. The highest BCUT2D eigenvalue weighted by atomic mass is 32.1. The standard InChI is InChI=1S/C26H29F2N3O2.C10H15NS.C7H16.C2H4O.C2H6/c1-5-6-18(8-7-16(2)32)24-23(17-9-12-20(29)13-10-17)30-26(31(24)3)21-14-11-19(25(27)28)15-22(21)33-4;1-4-6-8-10(7-5-2)11-9(3)12;1-3-5-7-6-4-2;1-2-3;1-2/h5-16,23-25,32H,1,29H2,2-4H3;4,6-8H,1,5H2,2-3H3,(H,11,12);3-7H2,1-2H3;2H,1H3;1-2H3/b8-7-,18-6+;8-6-,10-7+;;;. The van der Waals surface area contributed by atoms with Gasteiger partial charge in [-0.15, -0.1) is 0 Å². The molecule has 10 heteroatoms. The molecule has 57 heavy (non-hydrogen) atoms. The van der Waals surface area contributed by atoms with Crippen molar-refractivity contribution in [3.8, 4) is 5.75 Å². The topological polar surface area (TPSA) is 100 Å². The van der Waals surface area contributed by atoms with E-state index in [0.717, 1.165) is 34.5 Å². The number of nitrogens with one attached hydrogen (secondary N) is 1. The number of unbranched alkanes of at least 4 members (excludes halogenated alkanes) is 4. The molecule has 0 saturated carbocycles. The van der Waals surface area contributed by atoms with E-state index in [4.69, 9.17) is 32.5 Å². The fourth-order valence-corrected chi connectivity index (χ4v) is 5.47. The van der Waals surface area contributed by atoms with Crippen LogP contribution in [0.2, 0.25) is 0 Å². The van der Waals surface area contributed by atoms with Crippen LogP contribution in [0.4, 0.5) is 14.5 Å². The van der Waals surface area contributed by atoms with E-state index in [1.54, 1.807) is 31.2 Å². The molecular weight excluding hydrogens is 739 g/mol. The number of halogens is 2. The maximum absolute atomic E-state index is 13.2. The van der Waals surface area contributed by atoms with E-state index in [1.165, 1.54) is 58.3 Å². The molecule has 0 saturated heterocycles. The van der Waals surface area contributed by atoms with Gasteiger partial charge in [0.25, 0.3) is 6.43 Å². The lowest BCUT2D eigenvalue weighted by molar-refractivity contribution is -0.106. The number of aliphatic imine (C=N–C) groups is 1. The van der Waals surface area contributed by atoms with Crippen molar-refractivity contribution in [1.29, 1.82) is 0 Å². The number of aliphatic hydroxyl groups is 1. The van der Waals surface area contributed by atoms with Gasteiger partial charge in [0.2, 0.25) is 0 Å². The van der Waals surface area contributed by atoms with Gasteiger partial charge in [0.1, 0.15) is 23.9 Å². The Morgan fingerprint density at radius 1 is 1.05 bits per heavy atom. The fourth-order valence-electron chi connectivity index (χ4n) is 5.35. The number of hydrogen-bond donors (Lipinski definition) is 3. The molecule has 2 aromatic rings. The lowest BCUT2D eigenvalue weighted by atomic mass is 9.92. The fraction of sp³-hybridized carbons (Fsp3) is 0.426. The van der Waals surface area contributed by atoms with Crippen molar-refractivity contribution in [2.24, 2.45) is 4.99 Å². The number of nitrogen functional groups attached to an aromatic ring is 1. The summed E-state index contributed by atoms with van der Waals surface area (Å²) in [6.07, 6.45) is 20.3. The van der Waals surface area contributed by atoms with Crippen LogP contribution in [0.25, 0.3) is 0 Å². The molecule has 0 amide bonds. The number of allylic oxidation sites excluding steroid dienone is 6. The molecule has 1 aliphatic heterocycles. The van der Waals surface area contributed by atoms with Gasteiger partial charge < -0.3 is 30.6 Å². The predicted molar refractivity (Wildman–Crippen MR) is 245 cm³/mol. The maximum Gasteiger partial charge on any atom is 0.263 e. The number of aliphatic hydroxyl groups excluding tert-OH is 1. The minimum atomic E-state index is -2.60. The molecule has 3 rings (SSSR count). The van der Waals surface area contributed by atoms with Gasteiger partial charge in [-0.05, 0) is 68.7 Å². The van der Waals surface area contributed by atoms with E-state index in [0.29, 0.717) is 22.8 Å². The Kier molecular flexibility index (Phi) is 32.0. The maximum atomic E-state index is 13.2. The number of carbonyl (C=O) groups excluding carboxylic acids is 1. The number of alkyl halides is 2. The molecular formula is C47H70F2N4O3S. The van der Waals surface area contributed by atoms with E-state index in [-0.39, 0.29) is 17.6 Å². The van der Waals surface area contributed by atoms with Gasteiger partial charge >= 0.3 is 0 Å². The number of thiocarbonyl (C=S) groups is 1. The average Bonchev–Trinajstić information content (AvgIpc) is 3.53. The minimum Gasteiger partial charge on any atom is -0.496 e. The van der Waals surface area contributed by atoms with Crippen LogP contribution in [-0.4, -0.2) is 53.4 Å². The highest BCUT2D eigenvalue weighted by molar-refractivity contribution is 7.80. The molecule has 0 aliphatic carbocycles. The number of likely N-dealkylation sites (N-methyl/N-ethyl adjacent to an activating group) is 1. The first-order valence-electron chi connectivity index (χ1n) is 19.8. The molecule has 3 unspecified atom stereocenters. The van der Waals surface area contributed by atoms with Crippen molar-refractivity contribution < 1.29 is 23.4 Å². The van der Waals surface area contributed by atoms with Gasteiger partial charge in [-0.2, -0.15) is 0 Å². The molecule has 0 spiro atoms. The van der Waals surface area contributed by atoms with Crippen LogP contribution in [0, 0.1) is 0 Å². The van der Waals surface area contributed by atoms with Crippen LogP contribution in [0.3, 0.4) is 0 Å². The van der Waals surface area contributed by atoms with Crippen molar-refractivity contribution in [3.63, 3.8) is 0 Å².